The van der Waals surface area contributed by atoms with Gasteiger partial charge in [0.25, 0.3) is 5.91 Å². The Morgan fingerprint density at radius 1 is 1.11 bits per heavy atom. The number of nitrogens with zero attached hydrogens (tertiary/aromatic N) is 1. The quantitative estimate of drug-likeness (QED) is 0.659. The second kappa shape index (κ2) is 10.9. The first kappa shape index (κ1) is 24.7. The smallest absolute Gasteiger partial charge is 0.257 e. The van der Waals surface area contributed by atoms with Crippen molar-refractivity contribution in [1.82, 2.24) is 10.2 Å². The molecule has 2 heterocycles. The lowest BCUT2D eigenvalue weighted by Crippen LogP contribution is -2.54. The van der Waals surface area contributed by atoms with Crippen LogP contribution < -0.4 is 15.4 Å². The third-order valence-corrected chi connectivity index (χ3v) is 6.71. The molecule has 0 bridgehead atoms. The molecule has 8 nitrogen and oxygen atoms in total. The fraction of sp³-hybridized carbons (Fsp3) is 0.444. The van der Waals surface area contributed by atoms with Crippen LogP contribution in [0.4, 0.5) is 5.69 Å². The first-order chi connectivity index (χ1) is 16.9. The maximum atomic E-state index is 13.3. The lowest BCUT2D eigenvalue weighted by Gasteiger charge is -2.42. The van der Waals surface area contributed by atoms with Gasteiger partial charge in [0.15, 0.2) is 0 Å². The Balaban J connectivity index is 1.40. The van der Waals surface area contributed by atoms with Gasteiger partial charge in [-0.05, 0) is 43.5 Å². The third-order valence-electron chi connectivity index (χ3n) is 6.71. The zero-order chi connectivity index (χ0) is 24.9. The molecule has 2 N–H and O–H groups in total. The number of carbonyl (C=O) groups is 3. The predicted octanol–water partition coefficient (Wildman–Crippen LogP) is 3.68. The van der Waals surface area contributed by atoms with E-state index in [1.165, 1.54) is 0 Å². The van der Waals surface area contributed by atoms with Crippen LogP contribution in [0.2, 0.25) is 0 Å². The number of likely N-dealkylation sites (N-methyl/N-ethyl adjacent to an activating group) is 1. The fourth-order valence-electron chi connectivity index (χ4n) is 4.69. The topological polar surface area (TPSA) is 97.0 Å². The summed E-state index contributed by atoms with van der Waals surface area (Å²) in [5.41, 5.74) is 2.03. The van der Waals surface area contributed by atoms with Crippen LogP contribution in [0.15, 0.2) is 48.5 Å². The Hall–Kier alpha value is -3.39. The summed E-state index contributed by atoms with van der Waals surface area (Å²) in [6.45, 7) is 4.01. The van der Waals surface area contributed by atoms with E-state index in [1.54, 1.807) is 37.1 Å². The normalized spacial score (nSPS) is 22.5. The lowest BCUT2D eigenvalue weighted by atomic mass is 9.94. The number of ether oxygens (including phenoxy) is 2. The molecule has 0 saturated carbocycles. The van der Waals surface area contributed by atoms with E-state index in [0.717, 1.165) is 5.56 Å². The van der Waals surface area contributed by atoms with Gasteiger partial charge >= 0.3 is 0 Å². The van der Waals surface area contributed by atoms with E-state index in [1.807, 2.05) is 37.3 Å². The van der Waals surface area contributed by atoms with Gasteiger partial charge in [0.1, 0.15) is 18.5 Å². The van der Waals surface area contributed by atoms with Crippen molar-refractivity contribution in [3.8, 4) is 5.75 Å². The van der Waals surface area contributed by atoms with Gasteiger partial charge in [0.05, 0.1) is 30.2 Å². The molecular formula is C27H33N3O5. The highest BCUT2D eigenvalue weighted by molar-refractivity contribution is 5.99. The molecule has 4 atom stereocenters. The molecule has 0 aliphatic carbocycles. The second-order valence-electron chi connectivity index (χ2n) is 9.18. The minimum atomic E-state index is -0.338. The van der Waals surface area contributed by atoms with Gasteiger partial charge in [-0.1, -0.05) is 37.3 Å². The lowest BCUT2D eigenvalue weighted by molar-refractivity contribution is -0.134. The number of anilines is 1. The molecule has 186 valence electrons. The first-order valence-corrected chi connectivity index (χ1v) is 12.2. The van der Waals surface area contributed by atoms with Crippen LogP contribution in [0, 0.1) is 0 Å². The van der Waals surface area contributed by atoms with Gasteiger partial charge in [-0.15, -0.1) is 0 Å². The third kappa shape index (κ3) is 5.82. The van der Waals surface area contributed by atoms with E-state index in [9.17, 15) is 14.4 Å². The molecule has 0 radical (unpaired) electrons. The van der Waals surface area contributed by atoms with Crippen molar-refractivity contribution in [3.63, 3.8) is 0 Å². The fourth-order valence-corrected chi connectivity index (χ4v) is 4.69. The van der Waals surface area contributed by atoms with E-state index in [-0.39, 0.29) is 55.0 Å². The van der Waals surface area contributed by atoms with Crippen molar-refractivity contribution >= 4 is 23.4 Å². The summed E-state index contributed by atoms with van der Waals surface area (Å²) < 4.78 is 12.3. The Morgan fingerprint density at radius 3 is 2.63 bits per heavy atom. The van der Waals surface area contributed by atoms with Gasteiger partial charge in [-0.3, -0.25) is 14.4 Å². The maximum Gasteiger partial charge on any atom is 0.257 e. The van der Waals surface area contributed by atoms with Crippen molar-refractivity contribution in [1.29, 1.82) is 0 Å². The van der Waals surface area contributed by atoms with Crippen LogP contribution in [0.25, 0.3) is 0 Å². The minimum Gasteiger partial charge on any atom is -0.490 e. The maximum absolute atomic E-state index is 13.3. The Bertz CT molecular complexity index is 1070. The minimum absolute atomic E-state index is 0.0620. The molecule has 2 aromatic rings. The van der Waals surface area contributed by atoms with Crippen LogP contribution in [0.1, 0.15) is 61.5 Å². The molecule has 2 aliphatic heterocycles. The zero-order valence-electron chi connectivity index (χ0n) is 20.5. The first-order valence-electron chi connectivity index (χ1n) is 12.2. The van der Waals surface area contributed by atoms with E-state index in [2.05, 4.69) is 10.6 Å². The molecule has 2 aromatic carbocycles. The number of hydrogen-bond donors (Lipinski definition) is 2. The highest BCUT2D eigenvalue weighted by Crippen LogP contribution is 2.32. The highest BCUT2D eigenvalue weighted by Gasteiger charge is 2.39. The largest absolute Gasteiger partial charge is 0.490 e. The summed E-state index contributed by atoms with van der Waals surface area (Å²) in [6.07, 6.45) is 1.42. The van der Waals surface area contributed by atoms with E-state index in [4.69, 9.17) is 9.47 Å². The summed E-state index contributed by atoms with van der Waals surface area (Å²) in [7, 11) is 1.77. The number of nitrogens with one attached hydrogen (secondary N) is 2. The summed E-state index contributed by atoms with van der Waals surface area (Å²) in [4.78, 5) is 39.4. The molecule has 1 saturated heterocycles. The molecule has 3 amide bonds. The van der Waals surface area contributed by atoms with Crippen molar-refractivity contribution in [2.45, 2.75) is 63.8 Å². The van der Waals surface area contributed by atoms with Crippen molar-refractivity contribution in [2.24, 2.45) is 0 Å². The Kier molecular flexibility index (Phi) is 7.70. The van der Waals surface area contributed by atoms with Gasteiger partial charge in [-0.25, -0.2) is 0 Å². The van der Waals surface area contributed by atoms with Gasteiger partial charge in [0, 0.05) is 19.2 Å². The number of carbonyl (C=O) groups excluding carboxylic acids is 3. The van der Waals surface area contributed by atoms with Gasteiger partial charge in [-0.2, -0.15) is 0 Å². The molecule has 1 fully saturated rings. The van der Waals surface area contributed by atoms with E-state index in [0.29, 0.717) is 36.3 Å². The van der Waals surface area contributed by atoms with Gasteiger partial charge < -0.3 is 25.0 Å². The average Bonchev–Trinajstić information content (AvgIpc) is 2.86. The summed E-state index contributed by atoms with van der Waals surface area (Å²) >= 11 is 0. The van der Waals surface area contributed by atoms with Gasteiger partial charge in [0.2, 0.25) is 11.8 Å². The molecule has 0 spiro atoms. The zero-order valence-corrected chi connectivity index (χ0v) is 20.5. The molecule has 0 aromatic heterocycles. The molecule has 0 unspecified atom stereocenters. The van der Waals surface area contributed by atoms with Crippen molar-refractivity contribution < 1.29 is 23.9 Å². The van der Waals surface area contributed by atoms with Crippen LogP contribution in [-0.4, -0.2) is 54.5 Å². The number of fused-ring (bicyclic) bond motifs is 2. The van der Waals surface area contributed by atoms with Crippen LogP contribution in [-0.2, 0) is 14.3 Å². The second-order valence-corrected chi connectivity index (χ2v) is 9.18. The van der Waals surface area contributed by atoms with Crippen LogP contribution >= 0.6 is 0 Å². The molecule has 2 aliphatic rings. The number of hydrogen-bond acceptors (Lipinski definition) is 5. The molecular weight excluding hydrogens is 446 g/mol. The summed E-state index contributed by atoms with van der Waals surface area (Å²) in [5, 5.41) is 5.83. The Morgan fingerprint density at radius 2 is 1.89 bits per heavy atom. The summed E-state index contributed by atoms with van der Waals surface area (Å²) in [5.74, 6) is 0.0909. The molecule has 35 heavy (non-hydrogen) atoms. The standard InChI is InChI=1S/C27H33N3O5/c1-4-25(31)29-19-10-13-23-21(14-19)27(33)30(3)22-12-11-20(35-24(22)16-34-23)15-26(32)28-17(2)18-8-6-5-7-9-18/h5-10,13-14,17,20,22,24H,4,11-12,15-16H2,1-3H3,(H,28,32)(H,29,31)/t17-,20+,22-,24-/m0/s1. The van der Waals surface area contributed by atoms with Crippen LogP contribution in [0.5, 0.6) is 5.75 Å². The number of amides is 3. The Labute approximate surface area is 206 Å². The van der Waals surface area contributed by atoms with Crippen molar-refractivity contribution in [3.05, 3.63) is 59.7 Å². The number of rotatable bonds is 6. The molecule has 8 heteroatoms. The van der Waals surface area contributed by atoms with Crippen molar-refractivity contribution in [2.75, 3.05) is 19.0 Å². The number of benzene rings is 2. The van der Waals surface area contributed by atoms with E-state index < -0.39 is 0 Å². The predicted molar refractivity (Wildman–Crippen MR) is 132 cm³/mol. The van der Waals surface area contributed by atoms with E-state index >= 15 is 0 Å². The van der Waals surface area contributed by atoms with Crippen LogP contribution in [0.3, 0.4) is 0 Å². The average molecular weight is 480 g/mol. The monoisotopic (exact) mass is 479 g/mol. The summed E-state index contributed by atoms with van der Waals surface area (Å²) in [6, 6.07) is 14.7. The molecule has 4 rings (SSSR count). The highest BCUT2D eigenvalue weighted by atomic mass is 16.5. The SMILES string of the molecule is CCC(=O)Nc1ccc2c(c1)C(=O)N(C)[C@H]1CC[C@H](CC(=O)N[C@@H](C)c3ccccc3)O[C@H]1CO2.